The number of thioether (sulfide) groups is 1. The summed E-state index contributed by atoms with van der Waals surface area (Å²) in [6.07, 6.45) is 2.02. The number of aryl methyl sites for hydroxylation is 1. The fourth-order valence-electron chi connectivity index (χ4n) is 2.93. The van der Waals surface area contributed by atoms with Crippen LogP contribution in [-0.2, 0) is 4.79 Å². The molecule has 3 nitrogen and oxygen atoms in total. The zero-order valence-corrected chi connectivity index (χ0v) is 16.4. The Morgan fingerprint density at radius 1 is 0.926 bits per heavy atom. The highest BCUT2D eigenvalue weighted by atomic mass is 32.2. The number of amides is 1. The highest BCUT2D eigenvalue weighted by Crippen LogP contribution is 2.22. The molecule has 0 bridgehead atoms. The summed E-state index contributed by atoms with van der Waals surface area (Å²) in [5, 5.41) is 6.37. The molecule has 1 amide bonds. The van der Waals surface area contributed by atoms with E-state index in [0.717, 1.165) is 21.7 Å². The number of anilines is 1. The molecule has 0 radical (unpaired) electrons. The van der Waals surface area contributed by atoms with E-state index in [-0.39, 0.29) is 18.5 Å². The van der Waals surface area contributed by atoms with Gasteiger partial charge in [-0.05, 0) is 42.5 Å². The first-order chi connectivity index (χ1) is 13.2. The molecule has 3 aromatic rings. The molecule has 0 aliphatic heterocycles. The van der Waals surface area contributed by atoms with Gasteiger partial charge >= 0.3 is 0 Å². The van der Waals surface area contributed by atoms with E-state index in [1.54, 1.807) is 11.8 Å². The van der Waals surface area contributed by atoms with Crippen molar-refractivity contribution < 1.29 is 4.79 Å². The Balaban J connectivity index is 1.70. The van der Waals surface area contributed by atoms with Crippen molar-refractivity contribution in [3.8, 4) is 0 Å². The Bertz CT molecular complexity index is 878. The molecule has 0 unspecified atom stereocenters. The van der Waals surface area contributed by atoms with E-state index < -0.39 is 0 Å². The predicted octanol–water partition coefficient (Wildman–Crippen LogP) is 5.03. The summed E-state index contributed by atoms with van der Waals surface area (Å²) in [5.41, 5.74) is 4.32. The first-order valence-electron chi connectivity index (χ1n) is 8.94. The standard InChI is InChI=1S/C23H24N2OS/c1-17-11-13-19(14-12-17)23(18-7-4-3-5-8-18)24-16-22(26)25-20-9-6-10-21(15-20)27-2/h3-15,23-24H,16H2,1-2H3,(H,25,26)/t23-/m0/s1. The van der Waals surface area contributed by atoms with Gasteiger partial charge in [-0.1, -0.05) is 66.2 Å². The smallest absolute Gasteiger partial charge is 0.238 e. The lowest BCUT2D eigenvalue weighted by Gasteiger charge is -2.20. The number of hydrogen-bond acceptors (Lipinski definition) is 3. The van der Waals surface area contributed by atoms with Gasteiger partial charge < -0.3 is 5.32 Å². The Labute approximate surface area is 165 Å². The van der Waals surface area contributed by atoms with Gasteiger partial charge in [-0.15, -0.1) is 11.8 Å². The lowest BCUT2D eigenvalue weighted by molar-refractivity contribution is -0.115. The normalized spacial score (nSPS) is 11.8. The Hall–Kier alpha value is -2.56. The van der Waals surface area contributed by atoms with E-state index in [2.05, 4.69) is 54.0 Å². The molecule has 2 N–H and O–H groups in total. The average Bonchev–Trinajstić information content (AvgIpc) is 2.70. The highest BCUT2D eigenvalue weighted by Gasteiger charge is 2.15. The van der Waals surface area contributed by atoms with E-state index in [1.165, 1.54) is 5.56 Å². The summed E-state index contributed by atoms with van der Waals surface area (Å²) >= 11 is 1.66. The molecular weight excluding hydrogens is 352 g/mol. The first-order valence-corrected chi connectivity index (χ1v) is 10.2. The third-order valence-corrected chi connectivity index (χ3v) is 5.09. The average molecular weight is 377 g/mol. The number of carbonyl (C=O) groups is 1. The molecule has 3 rings (SSSR count). The fourth-order valence-corrected chi connectivity index (χ4v) is 3.39. The minimum atomic E-state index is -0.0544. The molecule has 0 spiro atoms. The molecule has 0 fully saturated rings. The zero-order valence-electron chi connectivity index (χ0n) is 15.6. The van der Waals surface area contributed by atoms with Gasteiger partial charge in [-0.2, -0.15) is 0 Å². The highest BCUT2D eigenvalue weighted by molar-refractivity contribution is 7.98. The van der Waals surface area contributed by atoms with Crippen molar-refractivity contribution in [2.75, 3.05) is 18.1 Å². The number of rotatable bonds is 7. The van der Waals surface area contributed by atoms with E-state index in [1.807, 2.05) is 48.7 Å². The zero-order chi connectivity index (χ0) is 19.1. The topological polar surface area (TPSA) is 41.1 Å². The van der Waals surface area contributed by atoms with Crippen molar-refractivity contribution in [1.29, 1.82) is 0 Å². The van der Waals surface area contributed by atoms with Crippen molar-refractivity contribution in [1.82, 2.24) is 5.32 Å². The van der Waals surface area contributed by atoms with Gasteiger partial charge in [0.05, 0.1) is 12.6 Å². The molecule has 0 aromatic heterocycles. The van der Waals surface area contributed by atoms with Gasteiger partial charge in [0.2, 0.25) is 5.91 Å². The van der Waals surface area contributed by atoms with Gasteiger partial charge in [0.15, 0.2) is 0 Å². The van der Waals surface area contributed by atoms with Crippen LogP contribution in [0.4, 0.5) is 5.69 Å². The third kappa shape index (κ3) is 5.46. The van der Waals surface area contributed by atoms with Crippen LogP contribution >= 0.6 is 11.8 Å². The summed E-state index contributed by atoms with van der Waals surface area (Å²) in [6, 6.07) is 26.5. The van der Waals surface area contributed by atoms with Crippen molar-refractivity contribution in [2.24, 2.45) is 0 Å². The minimum Gasteiger partial charge on any atom is -0.325 e. The molecule has 27 heavy (non-hydrogen) atoms. The van der Waals surface area contributed by atoms with Gasteiger partial charge in [-0.25, -0.2) is 0 Å². The maximum Gasteiger partial charge on any atom is 0.238 e. The molecule has 4 heteroatoms. The number of benzene rings is 3. The van der Waals surface area contributed by atoms with Gasteiger partial charge in [-0.3, -0.25) is 10.1 Å². The van der Waals surface area contributed by atoms with E-state index >= 15 is 0 Å². The van der Waals surface area contributed by atoms with E-state index in [4.69, 9.17) is 0 Å². The second kappa shape index (κ2) is 9.40. The van der Waals surface area contributed by atoms with Gasteiger partial charge in [0, 0.05) is 10.6 Å². The van der Waals surface area contributed by atoms with Crippen LogP contribution in [0, 0.1) is 6.92 Å². The summed E-state index contributed by atoms with van der Waals surface area (Å²) < 4.78 is 0. The monoisotopic (exact) mass is 376 g/mol. The van der Waals surface area contributed by atoms with Crippen LogP contribution in [0.25, 0.3) is 0 Å². The van der Waals surface area contributed by atoms with Crippen molar-refractivity contribution >= 4 is 23.4 Å². The largest absolute Gasteiger partial charge is 0.325 e. The molecule has 0 aliphatic rings. The molecule has 138 valence electrons. The van der Waals surface area contributed by atoms with Crippen molar-refractivity contribution in [3.05, 3.63) is 95.6 Å². The van der Waals surface area contributed by atoms with Crippen LogP contribution in [0.5, 0.6) is 0 Å². The summed E-state index contributed by atoms with van der Waals surface area (Å²) in [6.45, 7) is 2.31. The molecule has 0 saturated carbocycles. The Kier molecular flexibility index (Phi) is 6.69. The van der Waals surface area contributed by atoms with Crippen LogP contribution in [0.3, 0.4) is 0 Å². The molecular formula is C23H24N2OS. The molecule has 0 saturated heterocycles. The first kappa shape index (κ1) is 19.2. The Morgan fingerprint density at radius 2 is 1.63 bits per heavy atom. The third-order valence-electron chi connectivity index (χ3n) is 4.36. The number of hydrogen-bond donors (Lipinski definition) is 2. The maximum atomic E-state index is 12.5. The Morgan fingerprint density at radius 3 is 2.33 bits per heavy atom. The van der Waals surface area contributed by atoms with Crippen LogP contribution in [0.2, 0.25) is 0 Å². The predicted molar refractivity (Wildman–Crippen MR) is 114 cm³/mol. The molecule has 3 aromatic carbocycles. The SMILES string of the molecule is CSc1cccc(NC(=O)CN[C@@H](c2ccccc2)c2ccc(C)cc2)c1. The number of carbonyl (C=O) groups excluding carboxylic acids is 1. The van der Waals surface area contributed by atoms with E-state index in [0.29, 0.717) is 0 Å². The minimum absolute atomic E-state index is 0.0323. The van der Waals surface area contributed by atoms with Crippen LogP contribution in [-0.4, -0.2) is 18.7 Å². The summed E-state index contributed by atoms with van der Waals surface area (Å²) in [4.78, 5) is 13.6. The lowest BCUT2D eigenvalue weighted by Crippen LogP contribution is -2.31. The number of nitrogens with one attached hydrogen (secondary N) is 2. The lowest BCUT2D eigenvalue weighted by atomic mass is 9.98. The second-order valence-corrected chi connectivity index (χ2v) is 7.30. The van der Waals surface area contributed by atoms with Crippen molar-refractivity contribution in [2.45, 2.75) is 17.9 Å². The van der Waals surface area contributed by atoms with E-state index in [9.17, 15) is 4.79 Å². The fraction of sp³-hybridized carbons (Fsp3) is 0.174. The molecule has 1 atom stereocenters. The molecule has 0 aliphatic carbocycles. The summed E-state index contributed by atoms with van der Waals surface area (Å²) in [5.74, 6) is -0.0544. The van der Waals surface area contributed by atoms with Crippen LogP contribution in [0.15, 0.2) is 83.8 Å². The van der Waals surface area contributed by atoms with Crippen LogP contribution < -0.4 is 10.6 Å². The quantitative estimate of drug-likeness (QED) is 0.568. The van der Waals surface area contributed by atoms with Gasteiger partial charge in [0.25, 0.3) is 0 Å². The maximum absolute atomic E-state index is 12.5. The van der Waals surface area contributed by atoms with Crippen LogP contribution in [0.1, 0.15) is 22.7 Å². The second-order valence-electron chi connectivity index (χ2n) is 6.42. The summed E-state index contributed by atoms with van der Waals surface area (Å²) in [7, 11) is 0. The molecule has 0 heterocycles. The van der Waals surface area contributed by atoms with Crippen molar-refractivity contribution in [3.63, 3.8) is 0 Å². The van der Waals surface area contributed by atoms with Gasteiger partial charge in [0.1, 0.15) is 0 Å².